The number of hydrogen-bond acceptors (Lipinski definition) is 4. The number of rotatable bonds is 7. The Morgan fingerprint density at radius 3 is 2.28 bits per heavy atom. The molecule has 0 saturated heterocycles. The van der Waals surface area contributed by atoms with Crippen molar-refractivity contribution in [3.05, 3.63) is 88.3 Å². The normalized spacial score (nSPS) is 13.8. The van der Waals surface area contributed by atoms with E-state index < -0.39 is 0 Å². The second-order valence-electron chi connectivity index (χ2n) is 8.58. The van der Waals surface area contributed by atoms with Gasteiger partial charge in [-0.1, -0.05) is 65.5 Å². The molecule has 166 valence electrons. The number of nitrogens with one attached hydrogen (secondary N) is 1. The molecule has 2 aromatic carbocycles. The van der Waals surface area contributed by atoms with Crippen molar-refractivity contribution in [2.24, 2.45) is 0 Å². The van der Waals surface area contributed by atoms with Gasteiger partial charge in [0, 0.05) is 24.2 Å². The summed E-state index contributed by atoms with van der Waals surface area (Å²) in [6, 6.07) is 17.4. The van der Waals surface area contributed by atoms with Gasteiger partial charge in [0.25, 0.3) is 11.8 Å². The number of aromatic nitrogens is 1. The van der Waals surface area contributed by atoms with Crippen molar-refractivity contribution >= 4 is 11.8 Å². The Morgan fingerprint density at radius 1 is 1.00 bits per heavy atom. The van der Waals surface area contributed by atoms with E-state index in [0.29, 0.717) is 24.4 Å². The highest BCUT2D eigenvalue weighted by Gasteiger charge is 2.29. The highest BCUT2D eigenvalue weighted by molar-refractivity contribution is 5.94. The Kier molecular flexibility index (Phi) is 6.69. The Bertz CT molecular complexity index is 1060. The van der Waals surface area contributed by atoms with E-state index in [1.807, 2.05) is 67.3 Å². The van der Waals surface area contributed by atoms with Gasteiger partial charge in [-0.25, -0.2) is 0 Å². The molecule has 1 N–H and O–H groups in total. The minimum atomic E-state index is -0.294. The molecule has 0 bridgehead atoms. The fourth-order valence-electron chi connectivity index (χ4n) is 4.09. The fourth-order valence-corrected chi connectivity index (χ4v) is 4.09. The first-order chi connectivity index (χ1) is 15.5. The van der Waals surface area contributed by atoms with Crippen molar-refractivity contribution in [1.82, 2.24) is 15.4 Å². The number of amides is 2. The molecule has 2 amide bonds. The summed E-state index contributed by atoms with van der Waals surface area (Å²) in [5, 5.41) is 6.81. The number of carbonyl (C=O) groups excluding carboxylic acids is 2. The van der Waals surface area contributed by atoms with E-state index in [9.17, 15) is 9.59 Å². The van der Waals surface area contributed by atoms with Crippen LogP contribution < -0.4 is 5.32 Å². The summed E-state index contributed by atoms with van der Waals surface area (Å²) in [4.78, 5) is 27.6. The molecule has 0 unspecified atom stereocenters. The van der Waals surface area contributed by atoms with Gasteiger partial charge in [-0.05, 0) is 44.4 Å². The Morgan fingerprint density at radius 2 is 1.62 bits per heavy atom. The van der Waals surface area contributed by atoms with E-state index in [-0.39, 0.29) is 23.6 Å². The van der Waals surface area contributed by atoms with Crippen molar-refractivity contribution in [1.29, 1.82) is 0 Å². The minimum Gasteiger partial charge on any atom is -0.359 e. The summed E-state index contributed by atoms with van der Waals surface area (Å²) in [5.74, 6) is 0.203. The van der Waals surface area contributed by atoms with Crippen LogP contribution >= 0.6 is 0 Å². The van der Waals surface area contributed by atoms with Crippen LogP contribution in [0.1, 0.15) is 69.0 Å². The second-order valence-corrected chi connectivity index (χ2v) is 8.58. The van der Waals surface area contributed by atoms with Crippen LogP contribution in [0.4, 0.5) is 0 Å². The van der Waals surface area contributed by atoms with Crippen molar-refractivity contribution in [3.8, 4) is 0 Å². The zero-order valence-electron chi connectivity index (χ0n) is 18.6. The summed E-state index contributed by atoms with van der Waals surface area (Å²) in [5.41, 5.74) is 4.20. The molecule has 1 fully saturated rings. The molecule has 1 aromatic heterocycles. The van der Waals surface area contributed by atoms with E-state index in [1.165, 1.54) is 5.56 Å². The summed E-state index contributed by atoms with van der Waals surface area (Å²) >= 11 is 0. The largest absolute Gasteiger partial charge is 0.359 e. The summed E-state index contributed by atoms with van der Waals surface area (Å²) < 4.78 is 5.44. The molecule has 0 radical (unpaired) electrons. The molecule has 4 rings (SSSR count). The topological polar surface area (TPSA) is 75.4 Å². The lowest BCUT2D eigenvalue weighted by molar-refractivity contribution is 0.0643. The van der Waals surface area contributed by atoms with Crippen LogP contribution in [0.5, 0.6) is 0 Å². The monoisotopic (exact) mass is 431 g/mol. The van der Waals surface area contributed by atoms with Gasteiger partial charge < -0.3 is 14.7 Å². The van der Waals surface area contributed by atoms with Gasteiger partial charge in [0.15, 0.2) is 11.5 Å². The maximum Gasteiger partial charge on any atom is 0.273 e. The van der Waals surface area contributed by atoms with Crippen LogP contribution in [-0.2, 0) is 13.1 Å². The Labute approximate surface area is 188 Å². The van der Waals surface area contributed by atoms with E-state index in [2.05, 4.69) is 10.5 Å². The van der Waals surface area contributed by atoms with Gasteiger partial charge in [-0.2, -0.15) is 0 Å². The van der Waals surface area contributed by atoms with Crippen molar-refractivity contribution < 1.29 is 14.1 Å². The maximum absolute atomic E-state index is 13.3. The molecule has 0 aliphatic heterocycles. The highest BCUT2D eigenvalue weighted by atomic mass is 16.5. The fraction of sp³-hybridized carbons (Fsp3) is 0.346. The van der Waals surface area contributed by atoms with Crippen LogP contribution in [0.25, 0.3) is 0 Å². The van der Waals surface area contributed by atoms with Crippen LogP contribution in [0.2, 0.25) is 0 Å². The van der Waals surface area contributed by atoms with E-state index in [0.717, 1.165) is 36.8 Å². The molecule has 0 spiro atoms. The highest BCUT2D eigenvalue weighted by Crippen LogP contribution is 2.27. The van der Waals surface area contributed by atoms with Gasteiger partial charge >= 0.3 is 0 Å². The summed E-state index contributed by atoms with van der Waals surface area (Å²) in [6.07, 6.45) is 4.20. The quantitative estimate of drug-likeness (QED) is 0.583. The van der Waals surface area contributed by atoms with Gasteiger partial charge in [0.05, 0.1) is 6.54 Å². The molecule has 6 nitrogen and oxygen atoms in total. The molecule has 6 heteroatoms. The summed E-state index contributed by atoms with van der Waals surface area (Å²) in [7, 11) is 0. The van der Waals surface area contributed by atoms with Gasteiger partial charge in [-0.15, -0.1) is 0 Å². The van der Waals surface area contributed by atoms with E-state index >= 15 is 0 Å². The predicted octanol–water partition coefficient (Wildman–Crippen LogP) is 4.81. The first kappa shape index (κ1) is 21.8. The molecule has 0 atom stereocenters. The lowest BCUT2D eigenvalue weighted by atomic mass is 10.1. The first-order valence-electron chi connectivity index (χ1n) is 11.2. The third kappa shape index (κ3) is 5.25. The number of carbonyl (C=O) groups is 2. The third-order valence-corrected chi connectivity index (χ3v) is 6.02. The summed E-state index contributed by atoms with van der Waals surface area (Å²) in [6.45, 7) is 4.75. The average molecular weight is 432 g/mol. The smallest absolute Gasteiger partial charge is 0.273 e. The minimum absolute atomic E-state index is 0.0151. The number of nitrogens with zero attached hydrogens (tertiary/aromatic N) is 2. The zero-order valence-corrected chi connectivity index (χ0v) is 18.6. The van der Waals surface area contributed by atoms with E-state index in [4.69, 9.17) is 4.52 Å². The molecule has 1 heterocycles. The zero-order chi connectivity index (χ0) is 22.5. The van der Waals surface area contributed by atoms with Crippen LogP contribution in [0, 0.1) is 13.8 Å². The molecule has 3 aromatic rings. The molecule has 32 heavy (non-hydrogen) atoms. The Balaban J connectivity index is 1.43. The number of hydrogen-bond donors (Lipinski definition) is 1. The van der Waals surface area contributed by atoms with Crippen molar-refractivity contribution in [2.75, 3.05) is 0 Å². The lowest BCUT2D eigenvalue weighted by Crippen LogP contribution is -2.38. The van der Waals surface area contributed by atoms with Crippen LogP contribution in [0.15, 0.2) is 59.1 Å². The number of benzene rings is 2. The van der Waals surface area contributed by atoms with Crippen molar-refractivity contribution in [2.45, 2.75) is 58.7 Å². The van der Waals surface area contributed by atoms with Crippen LogP contribution in [0.3, 0.4) is 0 Å². The molecule has 1 aliphatic carbocycles. The third-order valence-electron chi connectivity index (χ3n) is 6.02. The first-order valence-corrected chi connectivity index (χ1v) is 11.2. The van der Waals surface area contributed by atoms with Gasteiger partial charge in [-0.3, -0.25) is 9.59 Å². The Hall–Kier alpha value is -3.41. The average Bonchev–Trinajstić information content (AvgIpc) is 3.49. The molecule has 1 aliphatic rings. The second kappa shape index (κ2) is 9.81. The van der Waals surface area contributed by atoms with E-state index in [1.54, 1.807) is 6.07 Å². The van der Waals surface area contributed by atoms with Crippen LogP contribution in [-0.4, -0.2) is 27.9 Å². The van der Waals surface area contributed by atoms with Gasteiger partial charge in [0.1, 0.15) is 0 Å². The molecular weight excluding hydrogens is 402 g/mol. The predicted molar refractivity (Wildman–Crippen MR) is 122 cm³/mol. The lowest BCUT2D eigenvalue weighted by Gasteiger charge is -2.28. The van der Waals surface area contributed by atoms with Crippen molar-refractivity contribution in [3.63, 3.8) is 0 Å². The maximum atomic E-state index is 13.3. The SMILES string of the molecule is Cc1ccc(CNC(=O)c2cc(CN(C(=O)c3ccc(C)cc3)C3CCCC3)on2)cc1. The standard InChI is InChI=1S/C26H29N3O3/c1-18-7-11-20(12-8-18)16-27-25(30)24-15-23(32-28-24)17-29(22-5-3-4-6-22)26(31)21-13-9-19(2)10-14-21/h7-15,22H,3-6,16-17H2,1-2H3,(H,27,30). The van der Waals surface area contributed by atoms with Gasteiger partial charge in [0.2, 0.25) is 0 Å². The molecule has 1 saturated carbocycles. The molecular formula is C26H29N3O3. The number of aryl methyl sites for hydroxylation is 2.